The molecule has 3 nitrogen and oxygen atoms in total. The van der Waals surface area contributed by atoms with Gasteiger partial charge in [-0.1, -0.05) is 189 Å². The Morgan fingerprint density at radius 3 is 0.540 bits per heavy atom. The fourth-order valence-corrected chi connectivity index (χ4v) is 12.3. The van der Waals surface area contributed by atoms with E-state index in [1.54, 1.807) is 0 Å². The van der Waals surface area contributed by atoms with E-state index in [9.17, 15) is 0 Å². The molecule has 10 rings (SSSR count). The summed E-state index contributed by atoms with van der Waals surface area (Å²) < 4.78 is 0. The number of anilines is 9. The number of hydrogen-bond acceptors (Lipinski definition) is 3. The fraction of sp³-hybridized carbons (Fsp3) is 0.286. The van der Waals surface area contributed by atoms with Crippen LogP contribution in [0.3, 0.4) is 0 Å². The lowest BCUT2D eigenvalue weighted by Crippen LogP contribution is -2.11. The number of rotatable bonds is 30. The van der Waals surface area contributed by atoms with E-state index in [-0.39, 0.29) is 0 Å². The molecule has 0 atom stereocenters. The van der Waals surface area contributed by atoms with Gasteiger partial charge in [-0.15, -0.1) is 0 Å². The second-order valence-corrected chi connectivity index (χ2v) is 24.1. The molecule has 87 heavy (non-hydrogen) atoms. The number of nitrogens with zero attached hydrogens (tertiary/aromatic N) is 3. The van der Waals surface area contributed by atoms with Gasteiger partial charge in [0, 0.05) is 51.2 Å². The van der Waals surface area contributed by atoms with Crippen molar-refractivity contribution in [2.75, 3.05) is 14.7 Å². The molecule has 0 radical (unpaired) electrons. The van der Waals surface area contributed by atoms with Gasteiger partial charge in [-0.05, 0) is 271 Å². The van der Waals surface area contributed by atoms with Crippen LogP contribution >= 0.6 is 0 Å². The van der Waals surface area contributed by atoms with Gasteiger partial charge in [-0.2, -0.15) is 0 Å². The molecule has 0 saturated carbocycles. The maximum Gasteiger partial charge on any atom is 0.0464 e. The highest BCUT2D eigenvalue weighted by Crippen LogP contribution is 2.43. The van der Waals surface area contributed by atoms with Crippen molar-refractivity contribution < 1.29 is 0 Å². The Hall–Kier alpha value is -8.40. The molecule has 0 amide bonds. The lowest BCUT2D eigenvalue weighted by atomic mass is 9.93. The van der Waals surface area contributed by atoms with Gasteiger partial charge < -0.3 is 14.7 Å². The predicted molar refractivity (Wildman–Crippen MR) is 378 cm³/mol. The van der Waals surface area contributed by atoms with E-state index >= 15 is 0 Å². The van der Waals surface area contributed by atoms with Crippen LogP contribution in [0.5, 0.6) is 0 Å². The van der Waals surface area contributed by atoms with E-state index in [1.165, 1.54) is 178 Å². The minimum atomic E-state index is 1.08. The summed E-state index contributed by atoms with van der Waals surface area (Å²) in [4.78, 5) is 7.37. The Kier molecular flexibility index (Phi) is 22.2. The van der Waals surface area contributed by atoms with Crippen molar-refractivity contribution in [3.63, 3.8) is 0 Å². The lowest BCUT2D eigenvalue weighted by Gasteiger charge is -2.27. The van der Waals surface area contributed by atoms with Gasteiger partial charge in [-0.3, -0.25) is 0 Å². The molecule has 10 aromatic carbocycles. The Morgan fingerprint density at radius 2 is 0.368 bits per heavy atom. The van der Waals surface area contributed by atoms with Gasteiger partial charge >= 0.3 is 0 Å². The summed E-state index contributed by atoms with van der Waals surface area (Å²) in [6, 6.07) is 90.4. The molecule has 0 bridgehead atoms. The Morgan fingerprint density at radius 1 is 0.184 bits per heavy atom. The standard InChI is InChI=1S/C84H93N3/c1-7-13-25-64-31-19-37-79(55-64)85(80-38-20-32-65(56-80)26-14-8-2)76-49-43-70(44-50-76)73-61-74(71-45-51-77(52-46-71)86(81-39-21-33-66(57-81)27-15-9-3)82-40-22-34-67(58-82)28-16-10-4)63-75(62-73)72-47-53-78(54-48-72)87(83-41-23-35-68(59-83)29-17-11-5)84-42-24-36-69(60-84)30-18-12-6/h19-24,31-63H,7-18,25-30H2,1-6H3. The van der Waals surface area contributed by atoms with E-state index < -0.39 is 0 Å². The van der Waals surface area contributed by atoms with Gasteiger partial charge in [0.1, 0.15) is 0 Å². The van der Waals surface area contributed by atoms with E-state index in [1.807, 2.05) is 0 Å². The van der Waals surface area contributed by atoms with Crippen molar-refractivity contribution in [2.45, 2.75) is 157 Å². The number of hydrogen-bond donors (Lipinski definition) is 0. The van der Waals surface area contributed by atoms with Crippen LogP contribution in [0.15, 0.2) is 237 Å². The molecule has 10 aromatic rings. The van der Waals surface area contributed by atoms with Crippen LogP contribution in [0.1, 0.15) is 152 Å². The van der Waals surface area contributed by atoms with Crippen molar-refractivity contribution in [3.05, 3.63) is 270 Å². The van der Waals surface area contributed by atoms with E-state index in [0.29, 0.717) is 0 Å². The average Bonchev–Trinajstić information content (AvgIpc) is 2.83. The summed E-state index contributed by atoms with van der Waals surface area (Å²) >= 11 is 0. The van der Waals surface area contributed by atoms with Crippen molar-refractivity contribution in [1.82, 2.24) is 0 Å². The van der Waals surface area contributed by atoms with Gasteiger partial charge in [-0.25, -0.2) is 0 Å². The Balaban J connectivity index is 1.07. The second kappa shape index (κ2) is 31.3. The zero-order valence-electron chi connectivity index (χ0n) is 53.1. The first-order valence-electron chi connectivity index (χ1n) is 33.3. The molecule has 0 aromatic heterocycles. The van der Waals surface area contributed by atoms with Crippen LogP contribution in [0, 0.1) is 0 Å². The quantitative estimate of drug-likeness (QED) is 0.0444. The lowest BCUT2D eigenvalue weighted by molar-refractivity contribution is 0.794. The fourth-order valence-electron chi connectivity index (χ4n) is 12.3. The summed E-state index contributed by atoms with van der Waals surface area (Å²) in [6.45, 7) is 13.7. The molecule has 0 spiro atoms. The van der Waals surface area contributed by atoms with Crippen LogP contribution in [0.25, 0.3) is 33.4 Å². The van der Waals surface area contributed by atoms with Crippen molar-refractivity contribution in [3.8, 4) is 33.4 Å². The minimum Gasteiger partial charge on any atom is -0.310 e. The number of benzene rings is 10. The molecular weight excluding hydrogens is 1050 g/mol. The molecule has 0 aliphatic carbocycles. The Bertz CT molecular complexity index is 3180. The first-order chi connectivity index (χ1) is 42.8. The summed E-state index contributed by atoms with van der Waals surface area (Å²) in [5.74, 6) is 0. The molecule has 0 saturated heterocycles. The van der Waals surface area contributed by atoms with Crippen molar-refractivity contribution >= 4 is 51.2 Å². The minimum absolute atomic E-state index is 1.08. The topological polar surface area (TPSA) is 9.72 Å². The molecular formula is C84H93N3. The first-order valence-corrected chi connectivity index (χ1v) is 33.3. The third kappa shape index (κ3) is 16.2. The monoisotopic (exact) mass is 1140 g/mol. The third-order valence-electron chi connectivity index (χ3n) is 17.2. The largest absolute Gasteiger partial charge is 0.310 e. The molecule has 3 heteroatoms. The molecule has 0 fully saturated rings. The van der Waals surface area contributed by atoms with E-state index in [2.05, 4.69) is 293 Å². The SMILES string of the molecule is CCCCc1cccc(N(c2ccc(-c3cc(-c4ccc(N(c5cccc(CCCC)c5)c5cccc(CCCC)c5)cc4)cc(-c4ccc(N(c5cccc(CCCC)c5)c5cccc(CCCC)c5)cc4)c3)cc2)c2cccc(CCCC)c2)c1. The Labute approximate surface area is 523 Å². The summed E-state index contributed by atoms with van der Waals surface area (Å²) in [7, 11) is 0. The first kappa shape index (κ1) is 61.7. The third-order valence-corrected chi connectivity index (χ3v) is 17.2. The number of unbranched alkanes of at least 4 members (excludes halogenated alkanes) is 6. The van der Waals surface area contributed by atoms with Gasteiger partial charge in [0.2, 0.25) is 0 Å². The summed E-state index contributed by atoms with van der Waals surface area (Å²) in [6.07, 6.45) is 20.6. The van der Waals surface area contributed by atoms with Crippen LogP contribution < -0.4 is 14.7 Å². The highest BCUT2D eigenvalue weighted by molar-refractivity contribution is 5.86. The van der Waals surface area contributed by atoms with Gasteiger partial charge in [0.15, 0.2) is 0 Å². The van der Waals surface area contributed by atoms with Crippen molar-refractivity contribution in [2.24, 2.45) is 0 Å². The van der Waals surface area contributed by atoms with Crippen LogP contribution in [-0.4, -0.2) is 0 Å². The number of aryl methyl sites for hydroxylation is 6. The predicted octanol–water partition coefficient (Wildman–Crippen LogP) is 25.2. The molecule has 0 N–H and O–H groups in total. The summed E-state index contributed by atoms with van der Waals surface area (Å²) in [5, 5.41) is 0. The highest BCUT2D eigenvalue weighted by atomic mass is 15.2. The molecule has 0 unspecified atom stereocenters. The molecule has 444 valence electrons. The molecule has 0 aliphatic heterocycles. The van der Waals surface area contributed by atoms with E-state index in [4.69, 9.17) is 0 Å². The van der Waals surface area contributed by atoms with Crippen LogP contribution in [0.4, 0.5) is 51.2 Å². The zero-order chi connectivity index (χ0) is 60.2. The maximum absolute atomic E-state index is 2.46. The second-order valence-electron chi connectivity index (χ2n) is 24.1. The zero-order valence-corrected chi connectivity index (χ0v) is 53.1. The van der Waals surface area contributed by atoms with Gasteiger partial charge in [0.25, 0.3) is 0 Å². The van der Waals surface area contributed by atoms with E-state index in [0.717, 1.165) is 55.6 Å². The highest BCUT2D eigenvalue weighted by Gasteiger charge is 2.19. The smallest absolute Gasteiger partial charge is 0.0464 e. The van der Waals surface area contributed by atoms with Gasteiger partial charge in [0.05, 0.1) is 0 Å². The molecule has 0 aliphatic rings. The van der Waals surface area contributed by atoms with Crippen LogP contribution in [0.2, 0.25) is 0 Å². The van der Waals surface area contributed by atoms with Crippen LogP contribution in [-0.2, 0) is 38.5 Å². The summed E-state index contributed by atoms with van der Waals surface area (Å²) in [5.41, 5.74) is 26.0. The van der Waals surface area contributed by atoms with Crippen molar-refractivity contribution in [1.29, 1.82) is 0 Å². The normalized spacial score (nSPS) is 11.2. The average molecular weight is 1140 g/mol. The molecule has 0 heterocycles. The maximum atomic E-state index is 2.46.